The number of sulfone groups is 1. The number of nitrogens with one attached hydrogen (secondary N) is 2. The van der Waals surface area contributed by atoms with Crippen molar-refractivity contribution in [2.75, 3.05) is 24.7 Å². The van der Waals surface area contributed by atoms with Gasteiger partial charge in [-0.3, -0.25) is 4.79 Å². The zero-order chi connectivity index (χ0) is 17.7. The molecule has 2 fully saturated rings. The van der Waals surface area contributed by atoms with Crippen LogP contribution in [0.15, 0.2) is 24.3 Å². The first-order chi connectivity index (χ1) is 12.0. The molecule has 25 heavy (non-hydrogen) atoms. The minimum Gasteiger partial charge on any atom is -0.483 e. The van der Waals surface area contributed by atoms with Gasteiger partial charge in [0.1, 0.15) is 5.75 Å². The molecule has 2 N–H and O–H groups in total. The zero-order valence-electron chi connectivity index (χ0n) is 14.4. The van der Waals surface area contributed by atoms with Crippen LogP contribution < -0.4 is 15.4 Å². The van der Waals surface area contributed by atoms with Crippen LogP contribution in [-0.2, 0) is 21.2 Å². The van der Waals surface area contributed by atoms with E-state index in [9.17, 15) is 13.2 Å². The van der Waals surface area contributed by atoms with E-state index in [0.29, 0.717) is 30.4 Å². The molecule has 1 aliphatic heterocycles. The largest absolute Gasteiger partial charge is 0.483 e. The van der Waals surface area contributed by atoms with Gasteiger partial charge in [-0.1, -0.05) is 18.2 Å². The summed E-state index contributed by atoms with van der Waals surface area (Å²) in [5.74, 6) is 1.69. The molecule has 1 heterocycles. The number of ether oxygens (including phenoxy) is 1. The first kappa shape index (κ1) is 18.2. The summed E-state index contributed by atoms with van der Waals surface area (Å²) in [6, 6.07) is 7.53. The average Bonchev–Trinajstić information content (AvgIpc) is 3.40. The monoisotopic (exact) mass is 366 g/mol. The molecule has 1 aliphatic carbocycles. The molecule has 1 saturated heterocycles. The Balaban J connectivity index is 1.48. The number of rotatable bonds is 8. The van der Waals surface area contributed by atoms with Crippen LogP contribution in [0.5, 0.6) is 5.75 Å². The fraction of sp³-hybridized carbons (Fsp3) is 0.611. The van der Waals surface area contributed by atoms with Gasteiger partial charge in [-0.2, -0.15) is 0 Å². The fourth-order valence-corrected chi connectivity index (χ4v) is 4.67. The van der Waals surface area contributed by atoms with Gasteiger partial charge in [-0.05, 0) is 37.7 Å². The Bertz CT molecular complexity index is 701. The highest BCUT2D eigenvalue weighted by molar-refractivity contribution is 7.91. The lowest BCUT2D eigenvalue weighted by atomic mass is 10.1. The molecule has 1 atom stereocenters. The average molecular weight is 366 g/mol. The third-order valence-electron chi connectivity index (χ3n) is 4.66. The molecule has 138 valence electrons. The lowest BCUT2D eigenvalue weighted by Gasteiger charge is -2.23. The standard InChI is InChI=1S/C18H26N2O4S/c21-18(20-10-14-7-8-14)12-24-17-6-2-1-4-15(17)11-19-16-5-3-9-25(22,23)13-16/h1-2,4,6,14,16,19H,3,5,7-13H2,(H,20,21)/t16-/m0/s1. The molecule has 0 spiro atoms. The summed E-state index contributed by atoms with van der Waals surface area (Å²) in [5.41, 5.74) is 0.931. The first-order valence-corrected chi connectivity index (χ1v) is 10.8. The normalized spacial score (nSPS) is 22.3. The second-order valence-electron chi connectivity index (χ2n) is 6.98. The maximum Gasteiger partial charge on any atom is 0.257 e. The van der Waals surface area contributed by atoms with Crippen molar-refractivity contribution in [3.05, 3.63) is 29.8 Å². The summed E-state index contributed by atoms with van der Waals surface area (Å²) in [6.07, 6.45) is 3.98. The Kier molecular flexibility index (Phi) is 5.96. The number of hydrogen-bond acceptors (Lipinski definition) is 5. The Morgan fingerprint density at radius 1 is 1.20 bits per heavy atom. The molecular weight excluding hydrogens is 340 g/mol. The second kappa shape index (κ2) is 8.19. The van der Waals surface area contributed by atoms with E-state index in [1.807, 2.05) is 24.3 Å². The molecule has 0 bridgehead atoms. The van der Waals surface area contributed by atoms with Crippen LogP contribution in [0.2, 0.25) is 0 Å². The fourth-order valence-electron chi connectivity index (χ4n) is 3.00. The van der Waals surface area contributed by atoms with Gasteiger partial charge in [0, 0.05) is 24.7 Å². The van der Waals surface area contributed by atoms with Crippen LogP contribution in [0, 0.1) is 5.92 Å². The van der Waals surface area contributed by atoms with E-state index in [2.05, 4.69) is 10.6 Å². The van der Waals surface area contributed by atoms with Crippen LogP contribution in [0.25, 0.3) is 0 Å². The summed E-state index contributed by atoms with van der Waals surface area (Å²) in [6.45, 7) is 1.27. The SMILES string of the molecule is O=C(COc1ccccc1CN[C@H]1CCCS(=O)(=O)C1)NCC1CC1. The van der Waals surface area contributed by atoms with Crippen molar-refractivity contribution >= 4 is 15.7 Å². The summed E-state index contributed by atoms with van der Waals surface area (Å²) in [4.78, 5) is 11.8. The van der Waals surface area contributed by atoms with E-state index < -0.39 is 9.84 Å². The summed E-state index contributed by atoms with van der Waals surface area (Å²) < 4.78 is 29.1. The highest BCUT2D eigenvalue weighted by Gasteiger charge is 2.24. The van der Waals surface area contributed by atoms with Crippen LogP contribution >= 0.6 is 0 Å². The third-order valence-corrected chi connectivity index (χ3v) is 6.48. The highest BCUT2D eigenvalue weighted by atomic mass is 32.2. The Morgan fingerprint density at radius 3 is 2.76 bits per heavy atom. The van der Waals surface area contributed by atoms with Gasteiger partial charge in [0.05, 0.1) is 11.5 Å². The van der Waals surface area contributed by atoms with Gasteiger partial charge in [-0.25, -0.2) is 8.42 Å². The predicted octanol–water partition coefficient (Wildman–Crippen LogP) is 1.26. The molecule has 1 amide bonds. The molecule has 0 unspecified atom stereocenters. The number of amides is 1. The smallest absolute Gasteiger partial charge is 0.257 e. The Morgan fingerprint density at radius 2 is 2.00 bits per heavy atom. The zero-order valence-corrected chi connectivity index (χ0v) is 15.2. The van der Waals surface area contributed by atoms with Gasteiger partial charge in [0.2, 0.25) is 0 Å². The van der Waals surface area contributed by atoms with Crippen molar-refractivity contribution in [2.24, 2.45) is 5.92 Å². The number of benzene rings is 1. The van der Waals surface area contributed by atoms with E-state index >= 15 is 0 Å². The molecule has 7 heteroatoms. The lowest BCUT2D eigenvalue weighted by Crippen LogP contribution is -2.39. The number of para-hydroxylation sites is 1. The molecule has 1 saturated carbocycles. The second-order valence-corrected chi connectivity index (χ2v) is 9.21. The van der Waals surface area contributed by atoms with Gasteiger partial charge in [0.25, 0.3) is 5.91 Å². The van der Waals surface area contributed by atoms with E-state index in [0.717, 1.165) is 18.5 Å². The quantitative estimate of drug-likeness (QED) is 0.724. The van der Waals surface area contributed by atoms with Gasteiger partial charge < -0.3 is 15.4 Å². The summed E-state index contributed by atoms with van der Waals surface area (Å²) >= 11 is 0. The number of carbonyl (C=O) groups excluding carboxylic acids is 1. The first-order valence-electron chi connectivity index (χ1n) is 8.93. The van der Waals surface area contributed by atoms with E-state index in [1.165, 1.54) is 12.8 Å². The van der Waals surface area contributed by atoms with Crippen LogP contribution in [0.3, 0.4) is 0 Å². The molecule has 0 radical (unpaired) electrons. The number of carbonyl (C=O) groups is 1. The highest BCUT2D eigenvalue weighted by Crippen LogP contribution is 2.27. The van der Waals surface area contributed by atoms with Gasteiger partial charge >= 0.3 is 0 Å². The minimum absolute atomic E-state index is 0.00153. The van der Waals surface area contributed by atoms with E-state index in [4.69, 9.17) is 4.74 Å². The molecule has 2 aliphatic rings. The van der Waals surface area contributed by atoms with Crippen molar-refractivity contribution in [3.8, 4) is 5.75 Å². The lowest BCUT2D eigenvalue weighted by molar-refractivity contribution is -0.123. The van der Waals surface area contributed by atoms with Crippen molar-refractivity contribution in [1.82, 2.24) is 10.6 Å². The summed E-state index contributed by atoms with van der Waals surface area (Å²) in [5, 5.41) is 6.19. The van der Waals surface area contributed by atoms with E-state index in [-0.39, 0.29) is 24.3 Å². The molecule has 1 aromatic carbocycles. The maximum atomic E-state index is 11.8. The van der Waals surface area contributed by atoms with E-state index in [1.54, 1.807) is 0 Å². The van der Waals surface area contributed by atoms with Gasteiger partial charge in [-0.15, -0.1) is 0 Å². The van der Waals surface area contributed by atoms with Gasteiger partial charge in [0.15, 0.2) is 16.4 Å². The maximum absolute atomic E-state index is 11.8. The summed E-state index contributed by atoms with van der Waals surface area (Å²) in [7, 11) is -2.92. The molecule has 6 nitrogen and oxygen atoms in total. The van der Waals surface area contributed by atoms with Crippen molar-refractivity contribution in [3.63, 3.8) is 0 Å². The number of hydrogen-bond donors (Lipinski definition) is 2. The minimum atomic E-state index is -2.92. The van der Waals surface area contributed by atoms with Crippen LogP contribution in [-0.4, -0.2) is 45.0 Å². The predicted molar refractivity (Wildman–Crippen MR) is 96.2 cm³/mol. The van der Waals surface area contributed by atoms with Crippen molar-refractivity contribution < 1.29 is 17.9 Å². The topological polar surface area (TPSA) is 84.5 Å². The van der Waals surface area contributed by atoms with Crippen LogP contribution in [0.1, 0.15) is 31.2 Å². The molecule has 0 aromatic heterocycles. The Labute approximate surface area is 149 Å². The molecular formula is C18H26N2O4S. The Hall–Kier alpha value is -1.60. The molecule has 1 aromatic rings. The van der Waals surface area contributed by atoms with Crippen LogP contribution in [0.4, 0.5) is 0 Å². The molecule has 3 rings (SSSR count). The van der Waals surface area contributed by atoms with Crippen molar-refractivity contribution in [1.29, 1.82) is 0 Å². The third kappa shape index (κ3) is 6.01. The van der Waals surface area contributed by atoms with Crippen molar-refractivity contribution in [2.45, 2.75) is 38.3 Å².